The first-order valence-electron chi connectivity index (χ1n) is 8.13. The minimum absolute atomic E-state index is 0.167. The van der Waals surface area contributed by atoms with Crippen molar-refractivity contribution in [3.63, 3.8) is 0 Å². The second-order valence-electron chi connectivity index (χ2n) is 6.48. The third-order valence-electron chi connectivity index (χ3n) is 4.13. The van der Waals surface area contributed by atoms with Crippen LogP contribution in [0.3, 0.4) is 0 Å². The van der Waals surface area contributed by atoms with E-state index in [-0.39, 0.29) is 12.6 Å². The molecule has 0 aromatic heterocycles. The highest BCUT2D eigenvalue weighted by Crippen LogP contribution is 2.20. The van der Waals surface area contributed by atoms with Crippen LogP contribution in [-0.2, 0) is 0 Å². The van der Waals surface area contributed by atoms with Crippen molar-refractivity contribution < 1.29 is 23.0 Å². The van der Waals surface area contributed by atoms with Crippen LogP contribution in [0.5, 0.6) is 5.75 Å². The molecule has 0 amide bonds. The Hall–Kier alpha value is -1.31. The number of halogens is 3. The van der Waals surface area contributed by atoms with Crippen molar-refractivity contribution in [3.8, 4) is 5.75 Å². The number of ether oxygens (including phenoxy) is 1. The van der Waals surface area contributed by atoms with Crippen molar-refractivity contribution in [1.29, 1.82) is 0 Å². The molecule has 2 rings (SSSR count). The number of nitrogens with zero attached hydrogens (tertiary/aromatic N) is 2. The lowest BCUT2D eigenvalue weighted by Crippen LogP contribution is -2.55. The Balaban J connectivity index is 1.74. The zero-order valence-electron chi connectivity index (χ0n) is 14.1. The molecule has 2 unspecified atom stereocenters. The summed E-state index contributed by atoms with van der Waals surface area (Å²) in [6.07, 6.45) is -4.84. The Kier molecular flexibility index (Phi) is 6.48. The Morgan fingerprint density at radius 1 is 1.33 bits per heavy atom. The average Bonchev–Trinajstić information content (AvgIpc) is 2.47. The summed E-state index contributed by atoms with van der Waals surface area (Å²) < 4.78 is 43.1. The van der Waals surface area contributed by atoms with E-state index in [9.17, 15) is 18.3 Å². The highest BCUT2D eigenvalue weighted by atomic mass is 19.4. The van der Waals surface area contributed by atoms with Crippen molar-refractivity contribution in [2.45, 2.75) is 32.2 Å². The van der Waals surface area contributed by atoms with E-state index in [2.05, 4.69) is 0 Å². The second kappa shape index (κ2) is 8.18. The van der Waals surface area contributed by atoms with Crippen LogP contribution in [0, 0.1) is 6.92 Å². The Morgan fingerprint density at radius 3 is 2.71 bits per heavy atom. The van der Waals surface area contributed by atoms with Gasteiger partial charge in [-0.05, 0) is 31.5 Å². The Bertz CT molecular complexity index is 525. The molecule has 136 valence electrons. The first-order chi connectivity index (χ1) is 11.2. The molecule has 0 radical (unpaired) electrons. The normalized spacial score (nSPS) is 21.7. The second-order valence-corrected chi connectivity index (χ2v) is 6.48. The first kappa shape index (κ1) is 19.0. The predicted octanol–water partition coefficient (Wildman–Crippen LogP) is 2.30. The van der Waals surface area contributed by atoms with Crippen molar-refractivity contribution in [3.05, 3.63) is 29.8 Å². The topological polar surface area (TPSA) is 35.9 Å². The molecule has 0 spiro atoms. The number of alkyl halides is 3. The van der Waals surface area contributed by atoms with Gasteiger partial charge in [0, 0.05) is 32.2 Å². The average molecular weight is 346 g/mol. The van der Waals surface area contributed by atoms with Crippen LogP contribution in [-0.4, -0.2) is 72.6 Å². The molecule has 1 heterocycles. The van der Waals surface area contributed by atoms with E-state index in [4.69, 9.17) is 4.74 Å². The largest absolute Gasteiger partial charge is 0.491 e. The van der Waals surface area contributed by atoms with Crippen LogP contribution in [0.2, 0.25) is 0 Å². The molecule has 4 nitrogen and oxygen atoms in total. The van der Waals surface area contributed by atoms with Gasteiger partial charge in [-0.15, -0.1) is 0 Å². The zero-order valence-corrected chi connectivity index (χ0v) is 14.1. The van der Waals surface area contributed by atoms with Crippen molar-refractivity contribution in [2.75, 3.05) is 39.3 Å². The van der Waals surface area contributed by atoms with Gasteiger partial charge in [0.2, 0.25) is 0 Å². The highest BCUT2D eigenvalue weighted by Gasteiger charge is 2.35. The fraction of sp³-hybridized carbons (Fsp3) is 0.647. The summed E-state index contributed by atoms with van der Waals surface area (Å²) in [7, 11) is 0. The maximum Gasteiger partial charge on any atom is 0.401 e. The van der Waals surface area contributed by atoms with Gasteiger partial charge in [-0.25, -0.2) is 0 Å². The number of β-amino-alcohol motifs (C(OH)–C–C–N with tert-alkyl or cyclic N) is 1. The van der Waals surface area contributed by atoms with Crippen LogP contribution >= 0.6 is 0 Å². The van der Waals surface area contributed by atoms with Gasteiger partial charge in [-0.1, -0.05) is 12.1 Å². The highest BCUT2D eigenvalue weighted by molar-refractivity contribution is 5.27. The molecule has 0 bridgehead atoms. The molecule has 0 aliphatic carbocycles. The molecule has 7 heteroatoms. The monoisotopic (exact) mass is 346 g/mol. The standard InChI is InChI=1S/C17H25F3N2O2/c1-13-4-3-5-16(8-13)24-11-15(23)10-21-6-7-22(14(2)9-21)12-17(18,19)20/h3-5,8,14-15,23H,6-7,9-12H2,1-2H3. The molecule has 2 atom stereocenters. The van der Waals surface area contributed by atoms with Crippen molar-refractivity contribution in [2.24, 2.45) is 0 Å². The van der Waals surface area contributed by atoms with E-state index in [0.29, 0.717) is 31.9 Å². The van der Waals surface area contributed by atoms with Gasteiger partial charge in [-0.3, -0.25) is 9.80 Å². The molecular weight excluding hydrogens is 321 g/mol. The fourth-order valence-electron chi connectivity index (χ4n) is 2.95. The zero-order chi connectivity index (χ0) is 17.7. The third kappa shape index (κ3) is 6.30. The van der Waals surface area contributed by atoms with E-state index in [1.54, 1.807) is 6.92 Å². The lowest BCUT2D eigenvalue weighted by atomic mass is 10.1. The van der Waals surface area contributed by atoms with Crippen molar-refractivity contribution in [1.82, 2.24) is 9.80 Å². The summed E-state index contributed by atoms with van der Waals surface area (Å²) in [4.78, 5) is 3.42. The van der Waals surface area contributed by atoms with Gasteiger partial charge in [0.05, 0.1) is 6.54 Å². The molecule has 1 aliphatic heterocycles. The molecular formula is C17H25F3N2O2. The fourth-order valence-corrected chi connectivity index (χ4v) is 2.95. The third-order valence-corrected chi connectivity index (χ3v) is 4.13. The number of aliphatic hydroxyl groups excluding tert-OH is 1. The van der Waals surface area contributed by atoms with E-state index >= 15 is 0 Å². The van der Waals surface area contributed by atoms with Gasteiger partial charge in [0.1, 0.15) is 18.5 Å². The molecule has 1 aromatic carbocycles. The van der Waals surface area contributed by atoms with Gasteiger partial charge in [0.15, 0.2) is 0 Å². The van der Waals surface area contributed by atoms with E-state index in [1.165, 1.54) is 4.90 Å². The molecule has 24 heavy (non-hydrogen) atoms. The first-order valence-corrected chi connectivity index (χ1v) is 8.13. The lowest BCUT2D eigenvalue weighted by Gasteiger charge is -2.40. The number of piperazine rings is 1. The minimum Gasteiger partial charge on any atom is -0.491 e. The minimum atomic E-state index is -4.17. The van der Waals surface area contributed by atoms with Crippen LogP contribution in [0.4, 0.5) is 13.2 Å². The van der Waals surface area contributed by atoms with Crippen LogP contribution in [0.15, 0.2) is 24.3 Å². The van der Waals surface area contributed by atoms with Crippen LogP contribution < -0.4 is 4.74 Å². The molecule has 1 aromatic rings. The SMILES string of the molecule is Cc1cccc(OCC(O)CN2CCN(CC(F)(F)F)C(C)C2)c1. The number of hydrogen-bond acceptors (Lipinski definition) is 4. The summed E-state index contributed by atoms with van der Waals surface area (Å²) in [5.41, 5.74) is 1.08. The van der Waals surface area contributed by atoms with Gasteiger partial charge in [-0.2, -0.15) is 13.2 Å². The van der Waals surface area contributed by atoms with E-state index < -0.39 is 18.8 Å². The predicted molar refractivity (Wildman–Crippen MR) is 86.2 cm³/mol. The van der Waals surface area contributed by atoms with Crippen molar-refractivity contribution >= 4 is 0 Å². The number of aliphatic hydroxyl groups is 1. The molecule has 1 saturated heterocycles. The molecule has 1 N–H and O–H groups in total. The van der Waals surface area contributed by atoms with Gasteiger partial charge >= 0.3 is 6.18 Å². The summed E-state index contributed by atoms with van der Waals surface area (Å²) in [6.45, 7) is 4.82. The Morgan fingerprint density at radius 2 is 2.08 bits per heavy atom. The molecule has 1 fully saturated rings. The summed E-state index contributed by atoms with van der Waals surface area (Å²) in [5, 5.41) is 10.1. The summed E-state index contributed by atoms with van der Waals surface area (Å²) >= 11 is 0. The van der Waals surface area contributed by atoms with Gasteiger partial charge in [0.25, 0.3) is 0 Å². The maximum absolute atomic E-state index is 12.5. The Labute approximate surface area is 140 Å². The van der Waals surface area contributed by atoms with E-state index in [0.717, 1.165) is 5.56 Å². The maximum atomic E-state index is 12.5. The number of hydrogen-bond donors (Lipinski definition) is 1. The number of aryl methyl sites for hydroxylation is 1. The molecule has 1 aliphatic rings. The quantitative estimate of drug-likeness (QED) is 0.858. The summed E-state index contributed by atoms with van der Waals surface area (Å²) in [5.74, 6) is 0.706. The lowest BCUT2D eigenvalue weighted by molar-refractivity contribution is -0.155. The smallest absolute Gasteiger partial charge is 0.401 e. The number of rotatable bonds is 6. The van der Waals surface area contributed by atoms with Crippen LogP contribution in [0.25, 0.3) is 0 Å². The van der Waals surface area contributed by atoms with E-state index in [1.807, 2.05) is 36.1 Å². The number of benzene rings is 1. The van der Waals surface area contributed by atoms with Crippen LogP contribution in [0.1, 0.15) is 12.5 Å². The molecule has 0 saturated carbocycles. The summed E-state index contributed by atoms with van der Waals surface area (Å²) in [6, 6.07) is 7.39. The van der Waals surface area contributed by atoms with Gasteiger partial charge < -0.3 is 9.84 Å².